The quantitative estimate of drug-likeness (QED) is 0.559. The van der Waals surface area contributed by atoms with Crippen molar-refractivity contribution in [2.75, 3.05) is 18.9 Å². The highest BCUT2D eigenvalue weighted by atomic mass is 19.4. The Labute approximate surface area is 159 Å². The predicted octanol–water partition coefficient (Wildman–Crippen LogP) is 3.54. The molecule has 3 rings (SSSR count). The van der Waals surface area contributed by atoms with Crippen molar-refractivity contribution >= 4 is 28.5 Å². The van der Waals surface area contributed by atoms with Crippen molar-refractivity contribution in [1.29, 1.82) is 0 Å². The Bertz CT molecular complexity index is 998. The van der Waals surface area contributed by atoms with Gasteiger partial charge in [0.15, 0.2) is 11.5 Å². The zero-order valence-corrected chi connectivity index (χ0v) is 15.5. The number of imidazole rings is 1. The monoisotopic (exact) mass is 394 g/mol. The average molecular weight is 394 g/mol. The number of hydrogen-bond acceptors (Lipinski definition) is 4. The van der Waals surface area contributed by atoms with Crippen LogP contribution in [-0.4, -0.2) is 34.0 Å². The van der Waals surface area contributed by atoms with Crippen molar-refractivity contribution in [3.8, 4) is 0 Å². The molecule has 150 valence electrons. The summed E-state index contributed by atoms with van der Waals surface area (Å²) in [5.41, 5.74) is 1.04. The number of nitrogens with one attached hydrogen (secondary N) is 3. The largest absolute Gasteiger partial charge is 0.416 e. The lowest BCUT2D eigenvalue weighted by molar-refractivity contribution is -0.137. The Hall–Kier alpha value is -3.04. The second kappa shape index (κ2) is 7.91. The highest BCUT2D eigenvalue weighted by Crippen LogP contribution is 2.32. The molecule has 3 N–H and O–H groups in total. The van der Waals surface area contributed by atoms with Gasteiger partial charge in [-0.3, -0.25) is 4.40 Å². The van der Waals surface area contributed by atoms with Gasteiger partial charge in [0.1, 0.15) is 0 Å². The van der Waals surface area contributed by atoms with Crippen LogP contribution in [0.25, 0.3) is 16.7 Å². The maximum atomic E-state index is 13.1. The van der Waals surface area contributed by atoms with Crippen molar-refractivity contribution in [2.45, 2.75) is 32.5 Å². The number of benzene rings is 1. The molecule has 0 aliphatic rings. The number of nitrogens with zero attached hydrogens (tertiary/aromatic N) is 3. The molecule has 0 radical (unpaired) electrons. The number of halogens is 3. The maximum absolute atomic E-state index is 13.1. The van der Waals surface area contributed by atoms with Gasteiger partial charge in [-0.1, -0.05) is 13.3 Å². The molecular formula is C18H21F3N6O. The minimum Gasteiger partial charge on any atom is -0.367 e. The van der Waals surface area contributed by atoms with Gasteiger partial charge in [0, 0.05) is 13.6 Å². The summed E-state index contributed by atoms with van der Waals surface area (Å²) in [7, 11) is 1.50. The zero-order chi connectivity index (χ0) is 20.3. The molecule has 0 atom stereocenters. The first-order valence-corrected chi connectivity index (χ1v) is 8.92. The second-order valence-electron chi connectivity index (χ2n) is 6.28. The number of aromatic nitrogens is 3. The van der Waals surface area contributed by atoms with Crippen LogP contribution in [0.3, 0.4) is 0 Å². The van der Waals surface area contributed by atoms with E-state index in [9.17, 15) is 18.0 Å². The molecule has 0 fully saturated rings. The van der Waals surface area contributed by atoms with Gasteiger partial charge in [0.25, 0.3) is 0 Å². The Kier molecular flexibility index (Phi) is 5.57. The highest BCUT2D eigenvalue weighted by Gasteiger charge is 2.31. The first-order chi connectivity index (χ1) is 13.3. The van der Waals surface area contributed by atoms with E-state index >= 15 is 0 Å². The minimum atomic E-state index is -4.46. The van der Waals surface area contributed by atoms with E-state index < -0.39 is 11.7 Å². The van der Waals surface area contributed by atoms with E-state index in [1.54, 1.807) is 10.6 Å². The Morgan fingerprint density at radius 3 is 2.75 bits per heavy atom. The molecule has 10 heteroatoms. The van der Waals surface area contributed by atoms with E-state index in [-0.39, 0.29) is 18.1 Å². The van der Waals surface area contributed by atoms with Crippen LogP contribution in [-0.2, 0) is 12.7 Å². The number of unbranched alkanes of at least 4 members (excludes halogenated alkanes) is 1. The molecule has 7 nitrogen and oxygen atoms in total. The van der Waals surface area contributed by atoms with Crippen LogP contribution in [0, 0.1) is 0 Å². The average Bonchev–Trinajstić information content (AvgIpc) is 3.09. The fraction of sp³-hybridized carbons (Fsp3) is 0.389. The van der Waals surface area contributed by atoms with Gasteiger partial charge >= 0.3 is 12.2 Å². The number of urea groups is 1. The van der Waals surface area contributed by atoms with Crippen molar-refractivity contribution in [3.05, 3.63) is 35.7 Å². The van der Waals surface area contributed by atoms with Crippen molar-refractivity contribution < 1.29 is 18.0 Å². The summed E-state index contributed by atoms with van der Waals surface area (Å²) >= 11 is 0. The molecule has 2 amide bonds. The summed E-state index contributed by atoms with van der Waals surface area (Å²) in [4.78, 5) is 20.2. The number of anilines is 1. The van der Waals surface area contributed by atoms with Crippen molar-refractivity contribution in [2.24, 2.45) is 0 Å². The van der Waals surface area contributed by atoms with Crippen molar-refractivity contribution in [1.82, 2.24) is 25.0 Å². The van der Waals surface area contributed by atoms with Crippen LogP contribution in [0.2, 0.25) is 0 Å². The van der Waals surface area contributed by atoms with E-state index in [0.29, 0.717) is 29.2 Å². The summed E-state index contributed by atoms with van der Waals surface area (Å²) in [6.07, 6.45) is -1.03. The lowest BCUT2D eigenvalue weighted by Gasteiger charge is -2.13. The number of carbonyl (C=O) groups excluding carboxylic acids is 1. The molecule has 2 aromatic heterocycles. The van der Waals surface area contributed by atoms with Crippen LogP contribution in [0.1, 0.15) is 31.0 Å². The van der Waals surface area contributed by atoms with E-state index in [0.717, 1.165) is 25.0 Å². The number of amides is 2. The first kappa shape index (κ1) is 19.7. The zero-order valence-electron chi connectivity index (χ0n) is 15.5. The lowest BCUT2D eigenvalue weighted by atomic mass is 10.2. The number of hydrogen-bond donors (Lipinski definition) is 3. The molecule has 3 aromatic rings. The number of fused-ring (bicyclic) bond motifs is 3. The Balaban J connectivity index is 2.14. The van der Waals surface area contributed by atoms with E-state index in [1.807, 2.05) is 6.92 Å². The van der Waals surface area contributed by atoms with Crippen LogP contribution >= 0.6 is 0 Å². The number of rotatable bonds is 6. The van der Waals surface area contributed by atoms with Crippen LogP contribution in [0.15, 0.2) is 24.4 Å². The molecule has 0 aliphatic carbocycles. The third-order valence-corrected chi connectivity index (χ3v) is 4.30. The molecule has 0 saturated heterocycles. The molecule has 0 bridgehead atoms. The summed E-state index contributed by atoms with van der Waals surface area (Å²) in [5.74, 6) is 0.409. The Morgan fingerprint density at radius 1 is 1.29 bits per heavy atom. The summed E-state index contributed by atoms with van der Waals surface area (Å²) in [6, 6.07) is 3.05. The third kappa shape index (κ3) is 3.95. The minimum absolute atomic E-state index is 0.162. The standard InChI is InChI=1S/C18H21F3N6O/c1-3-4-7-23-15-16-24-9-12(10-25-17(28)22-2)27(16)14-6-5-11(18(19,20)21)8-13(14)26-15/h5-6,8-9H,3-4,7,10H2,1-2H3,(H,23,26)(H2,22,25,28). The van der Waals surface area contributed by atoms with Gasteiger partial charge in [-0.05, 0) is 24.6 Å². The second-order valence-corrected chi connectivity index (χ2v) is 6.28. The van der Waals surface area contributed by atoms with Crippen LogP contribution in [0.4, 0.5) is 23.8 Å². The summed E-state index contributed by atoms with van der Waals surface area (Å²) in [5, 5.41) is 8.27. The fourth-order valence-corrected chi connectivity index (χ4v) is 2.86. The molecule has 2 heterocycles. The molecule has 1 aromatic carbocycles. The first-order valence-electron chi connectivity index (χ1n) is 8.92. The lowest BCUT2D eigenvalue weighted by Crippen LogP contribution is -2.32. The fourth-order valence-electron chi connectivity index (χ4n) is 2.86. The third-order valence-electron chi connectivity index (χ3n) is 4.30. The van der Waals surface area contributed by atoms with Gasteiger partial charge in [0.05, 0.1) is 35.0 Å². The highest BCUT2D eigenvalue weighted by molar-refractivity contribution is 5.84. The van der Waals surface area contributed by atoms with Gasteiger partial charge in [-0.25, -0.2) is 14.8 Å². The molecule has 0 spiro atoms. The van der Waals surface area contributed by atoms with Crippen LogP contribution in [0.5, 0.6) is 0 Å². The smallest absolute Gasteiger partial charge is 0.367 e. The van der Waals surface area contributed by atoms with E-state index in [2.05, 4.69) is 25.9 Å². The number of carbonyl (C=O) groups is 1. The molecule has 0 aliphatic heterocycles. The molecule has 0 unspecified atom stereocenters. The van der Waals surface area contributed by atoms with E-state index in [1.165, 1.54) is 13.1 Å². The van der Waals surface area contributed by atoms with Gasteiger partial charge in [-0.15, -0.1) is 0 Å². The summed E-state index contributed by atoms with van der Waals surface area (Å²) < 4.78 is 41.1. The van der Waals surface area contributed by atoms with Crippen LogP contribution < -0.4 is 16.0 Å². The number of alkyl halides is 3. The summed E-state index contributed by atoms with van der Waals surface area (Å²) in [6.45, 7) is 2.83. The normalized spacial score (nSPS) is 11.8. The van der Waals surface area contributed by atoms with Gasteiger partial charge in [-0.2, -0.15) is 13.2 Å². The van der Waals surface area contributed by atoms with Crippen molar-refractivity contribution in [3.63, 3.8) is 0 Å². The maximum Gasteiger partial charge on any atom is 0.416 e. The molecule has 0 saturated carbocycles. The van der Waals surface area contributed by atoms with Gasteiger partial charge in [0.2, 0.25) is 0 Å². The molecule has 28 heavy (non-hydrogen) atoms. The van der Waals surface area contributed by atoms with E-state index in [4.69, 9.17) is 0 Å². The Morgan fingerprint density at radius 2 is 2.07 bits per heavy atom. The topological polar surface area (TPSA) is 83.3 Å². The van der Waals surface area contributed by atoms with Gasteiger partial charge < -0.3 is 16.0 Å². The molecular weight excluding hydrogens is 373 g/mol. The predicted molar refractivity (Wildman–Crippen MR) is 100 cm³/mol. The SMILES string of the molecule is CCCCNc1nc2cc(C(F)(F)F)ccc2n2c(CNC(=O)NC)cnc12.